The number of aryl methyl sites for hydroxylation is 1. The van der Waals surface area contributed by atoms with Crippen LogP contribution in [0.5, 0.6) is 0 Å². The number of para-hydroxylation sites is 1. The molecule has 28 heavy (non-hydrogen) atoms. The van der Waals surface area contributed by atoms with E-state index in [1.165, 1.54) is 5.56 Å². The van der Waals surface area contributed by atoms with Crippen molar-refractivity contribution in [2.75, 3.05) is 4.90 Å². The molecule has 1 unspecified atom stereocenters. The van der Waals surface area contributed by atoms with Crippen molar-refractivity contribution in [2.24, 2.45) is 5.73 Å². The predicted octanol–water partition coefficient (Wildman–Crippen LogP) is 5.08. The molecule has 5 heteroatoms. The lowest BCUT2D eigenvalue weighted by atomic mass is 9.85. The number of rotatable bonds is 3. The lowest BCUT2D eigenvalue weighted by molar-refractivity contribution is 0.522. The molecular weight excluding hydrogens is 348 g/mol. The molecule has 0 radical (unpaired) electrons. The highest BCUT2D eigenvalue weighted by Gasteiger charge is 2.38. The summed E-state index contributed by atoms with van der Waals surface area (Å²) in [5, 5.41) is 9.96. The average Bonchev–Trinajstić information content (AvgIpc) is 3.08. The van der Waals surface area contributed by atoms with Crippen LogP contribution in [0.4, 0.5) is 11.6 Å². The number of nitrogens with two attached hydrogens (primary N) is 1. The van der Waals surface area contributed by atoms with Gasteiger partial charge in [0.05, 0.1) is 23.2 Å². The number of hydrogen-bond acceptors (Lipinski definition) is 5. The smallest absolute Gasteiger partial charge is 0.230 e. The normalized spacial score (nSPS) is 16.2. The van der Waals surface area contributed by atoms with Crippen LogP contribution in [0.1, 0.15) is 48.4 Å². The second kappa shape index (κ2) is 6.90. The molecule has 0 saturated carbocycles. The number of nitrogens with zero attached hydrogens (tertiary/aromatic N) is 3. The van der Waals surface area contributed by atoms with Gasteiger partial charge in [0.15, 0.2) is 5.89 Å². The van der Waals surface area contributed by atoms with E-state index in [1.807, 2.05) is 37.3 Å². The van der Waals surface area contributed by atoms with Gasteiger partial charge < -0.3 is 10.2 Å². The topological polar surface area (TPSA) is 79.1 Å². The highest BCUT2D eigenvalue weighted by Crippen LogP contribution is 2.46. The zero-order valence-corrected chi connectivity index (χ0v) is 16.2. The van der Waals surface area contributed by atoms with Crippen LogP contribution in [0.15, 0.2) is 70.4 Å². The van der Waals surface area contributed by atoms with Crippen molar-refractivity contribution >= 4 is 11.6 Å². The predicted molar refractivity (Wildman–Crippen MR) is 109 cm³/mol. The summed E-state index contributed by atoms with van der Waals surface area (Å²) in [5.41, 5.74) is 10.7. The molecule has 140 valence electrons. The zero-order valence-electron chi connectivity index (χ0n) is 16.2. The minimum atomic E-state index is -0.348. The summed E-state index contributed by atoms with van der Waals surface area (Å²) in [6, 6.07) is 20.3. The van der Waals surface area contributed by atoms with Crippen LogP contribution in [0, 0.1) is 18.3 Å². The van der Waals surface area contributed by atoms with Gasteiger partial charge in [-0.05, 0) is 29.2 Å². The van der Waals surface area contributed by atoms with E-state index in [1.54, 1.807) is 4.90 Å². The summed E-state index contributed by atoms with van der Waals surface area (Å²) in [4.78, 5) is 6.40. The van der Waals surface area contributed by atoms with Crippen molar-refractivity contribution in [2.45, 2.75) is 32.6 Å². The molecule has 0 spiro atoms. The molecule has 0 fully saturated rings. The maximum atomic E-state index is 9.96. The highest BCUT2D eigenvalue weighted by atomic mass is 16.4. The number of nitriles is 1. The van der Waals surface area contributed by atoms with Crippen molar-refractivity contribution in [3.8, 4) is 6.07 Å². The largest absolute Gasteiger partial charge is 0.424 e. The highest BCUT2D eigenvalue weighted by molar-refractivity contribution is 5.73. The number of fused-ring (bicyclic) bond motifs is 1. The van der Waals surface area contributed by atoms with Crippen LogP contribution < -0.4 is 10.6 Å². The first-order valence-corrected chi connectivity index (χ1v) is 9.33. The molecule has 0 saturated heterocycles. The molecule has 0 bridgehead atoms. The Balaban J connectivity index is 1.91. The molecule has 1 atom stereocenters. The molecule has 2 aromatic carbocycles. The standard InChI is InChI=1S/C23H22N4O/c1-14(2)16-9-11-17(12-10-16)20-19(13-24)22(25)27(18-7-5-4-6-8-18)23-21(20)26-15(3)28-23/h4-12,14,20H,25H2,1-3H3. The molecule has 0 aliphatic carbocycles. The number of benzene rings is 2. The van der Waals surface area contributed by atoms with Crippen LogP contribution in [0.3, 0.4) is 0 Å². The summed E-state index contributed by atoms with van der Waals surface area (Å²) < 4.78 is 5.94. The monoisotopic (exact) mass is 370 g/mol. The van der Waals surface area contributed by atoms with E-state index in [9.17, 15) is 5.26 Å². The van der Waals surface area contributed by atoms with E-state index in [-0.39, 0.29) is 5.92 Å². The minimum absolute atomic E-state index is 0.348. The Labute approximate surface area is 164 Å². The van der Waals surface area contributed by atoms with Gasteiger partial charge in [-0.2, -0.15) is 5.26 Å². The molecule has 1 aliphatic rings. The van der Waals surface area contributed by atoms with E-state index in [4.69, 9.17) is 10.2 Å². The van der Waals surface area contributed by atoms with Gasteiger partial charge in [-0.3, -0.25) is 4.90 Å². The maximum Gasteiger partial charge on any atom is 0.230 e. The Bertz CT molecular complexity index is 1070. The average molecular weight is 370 g/mol. The van der Waals surface area contributed by atoms with E-state index in [0.717, 1.165) is 11.3 Å². The van der Waals surface area contributed by atoms with E-state index in [0.29, 0.717) is 34.8 Å². The van der Waals surface area contributed by atoms with Gasteiger partial charge in [-0.1, -0.05) is 56.3 Å². The van der Waals surface area contributed by atoms with Crippen LogP contribution in [-0.2, 0) is 0 Å². The lowest BCUT2D eigenvalue weighted by Gasteiger charge is -2.31. The Morgan fingerprint density at radius 2 is 1.79 bits per heavy atom. The van der Waals surface area contributed by atoms with Crippen LogP contribution >= 0.6 is 0 Å². The number of allylic oxidation sites excluding steroid dienone is 1. The molecule has 3 aromatic rings. The van der Waals surface area contributed by atoms with Gasteiger partial charge in [-0.15, -0.1) is 0 Å². The van der Waals surface area contributed by atoms with E-state index >= 15 is 0 Å². The minimum Gasteiger partial charge on any atom is -0.424 e. The van der Waals surface area contributed by atoms with Gasteiger partial charge in [0.2, 0.25) is 5.88 Å². The Morgan fingerprint density at radius 3 is 2.39 bits per heavy atom. The van der Waals surface area contributed by atoms with Crippen molar-refractivity contribution in [3.05, 3.63) is 88.7 Å². The molecule has 2 heterocycles. The summed E-state index contributed by atoms with van der Waals surface area (Å²) in [6.07, 6.45) is 0. The van der Waals surface area contributed by atoms with Crippen LogP contribution in [-0.4, -0.2) is 4.98 Å². The SMILES string of the molecule is Cc1nc2c(o1)N(c1ccccc1)C(N)=C(C#N)C2c1ccc(C(C)C)cc1. The molecule has 1 aromatic heterocycles. The number of oxazole rings is 1. The fraction of sp³-hybridized carbons (Fsp3) is 0.217. The third kappa shape index (κ3) is 2.84. The van der Waals surface area contributed by atoms with Gasteiger partial charge in [0.25, 0.3) is 0 Å². The Hall–Kier alpha value is -3.52. The Morgan fingerprint density at radius 1 is 1.11 bits per heavy atom. The number of anilines is 2. The van der Waals surface area contributed by atoms with Crippen molar-refractivity contribution in [3.63, 3.8) is 0 Å². The molecular formula is C23H22N4O. The number of hydrogen-bond donors (Lipinski definition) is 1. The Kier molecular flexibility index (Phi) is 4.40. The first kappa shape index (κ1) is 17.9. The maximum absolute atomic E-state index is 9.96. The molecule has 5 nitrogen and oxygen atoms in total. The van der Waals surface area contributed by atoms with Gasteiger partial charge in [0, 0.05) is 6.92 Å². The summed E-state index contributed by atoms with van der Waals surface area (Å²) in [7, 11) is 0. The van der Waals surface area contributed by atoms with Gasteiger partial charge >= 0.3 is 0 Å². The fourth-order valence-electron chi connectivity index (χ4n) is 3.65. The van der Waals surface area contributed by atoms with Crippen molar-refractivity contribution in [1.29, 1.82) is 5.26 Å². The lowest BCUT2D eigenvalue weighted by Crippen LogP contribution is -2.31. The summed E-state index contributed by atoms with van der Waals surface area (Å²) in [6.45, 7) is 6.12. The van der Waals surface area contributed by atoms with E-state index < -0.39 is 0 Å². The molecule has 2 N–H and O–H groups in total. The van der Waals surface area contributed by atoms with Crippen LogP contribution in [0.25, 0.3) is 0 Å². The van der Waals surface area contributed by atoms with Gasteiger partial charge in [0.1, 0.15) is 11.5 Å². The first-order chi connectivity index (χ1) is 13.5. The number of aromatic nitrogens is 1. The summed E-state index contributed by atoms with van der Waals surface area (Å²) >= 11 is 0. The second-order valence-electron chi connectivity index (χ2n) is 7.26. The summed E-state index contributed by atoms with van der Waals surface area (Å²) in [5.74, 6) is 1.57. The fourth-order valence-corrected chi connectivity index (χ4v) is 3.65. The van der Waals surface area contributed by atoms with Crippen LogP contribution in [0.2, 0.25) is 0 Å². The third-order valence-electron chi connectivity index (χ3n) is 5.09. The second-order valence-corrected chi connectivity index (χ2v) is 7.26. The van der Waals surface area contributed by atoms with E-state index in [2.05, 4.69) is 49.2 Å². The van der Waals surface area contributed by atoms with Gasteiger partial charge in [-0.25, -0.2) is 4.98 Å². The molecule has 1 aliphatic heterocycles. The zero-order chi connectivity index (χ0) is 19.8. The molecule has 0 amide bonds. The quantitative estimate of drug-likeness (QED) is 0.695. The first-order valence-electron chi connectivity index (χ1n) is 9.33. The van der Waals surface area contributed by atoms with Crippen molar-refractivity contribution < 1.29 is 4.42 Å². The molecule has 4 rings (SSSR count). The third-order valence-corrected chi connectivity index (χ3v) is 5.09. The van der Waals surface area contributed by atoms with Crippen molar-refractivity contribution in [1.82, 2.24) is 4.98 Å².